The monoisotopic (exact) mass is 1110 g/mol. The van der Waals surface area contributed by atoms with E-state index >= 15 is 0 Å². The average Bonchev–Trinajstić information content (AvgIpc) is 3.45. The van der Waals surface area contributed by atoms with Gasteiger partial charge in [-0.1, -0.05) is 326 Å². The average molecular weight is 1110 g/mol. The predicted octanol–water partition coefficient (Wildman–Crippen LogP) is 23.9. The zero-order chi connectivity index (χ0) is 57.1. The van der Waals surface area contributed by atoms with Crippen molar-refractivity contribution in [1.82, 2.24) is 0 Å². The molecule has 0 aliphatic rings. The van der Waals surface area contributed by atoms with Crippen molar-refractivity contribution >= 4 is 17.9 Å². The molecule has 6 heteroatoms. The number of hydrogen-bond acceptors (Lipinski definition) is 6. The van der Waals surface area contributed by atoms with E-state index in [9.17, 15) is 14.4 Å². The summed E-state index contributed by atoms with van der Waals surface area (Å²) in [5.41, 5.74) is 0. The lowest BCUT2D eigenvalue weighted by Crippen LogP contribution is -2.30. The molecule has 0 fully saturated rings. The van der Waals surface area contributed by atoms with E-state index in [-0.39, 0.29) is 31.1 Å². The van der Waals surface area contributed by atoms with Gasteiger partial charge in [-0.15, -0.1) is 0 Å². The van der Waals surface area contributed by atoms with Crippen LogP contribution in [0.5, 0.6) is 0 Å². The summed E-state index contributed by atoms with van der Waals surface area (Å²) in [6.07, 6.45) is 86.8. The summed E-state index contributed by atoms with van der Waals surface area (Å²) < 4.78 is 16.9. The molecule has 6 nitrogen and oxygen atoms in total. The molecule has 0 aliphatic heterocycles. The molecule has 0 saturated carbocycles. The summed E-state index contributed by atoms with van der Waals surface area (Å²) in [6, 6.07) is 0. The van der Waals surface area contributed by atoms with Crippen LogP contribution in [0.1, 0.15) is 367 Å². The Morgan fingerprint density at radius 1 is 0.253 bits per heavy atom. The first-order chi connectivity index (χ1) is 39.0. The first-order valence-corrected chi connectivity index (χ1v) is 34.8. The highest BCUT2D eigenvalue weighted by Gasteiger charge is 2.19. The Labute approximate surface area is 491 Å². The van der Waals surface area contributed by atoms with E-state index in [1.807, 2.05) is 0 Å². The molecule has 0 N–H and O–H groups in total. The maximum atomic E-state index is 12.9. The Kier molecular flexibility index (Phi) is 65.1. The third-order valence-corrected chi connectivity index (χ3v) is 15.5. The van der Waals surface area contributed by atoms with Gasteiger partial charge in [0.15, 0.2) is 6.10 Å². The highest BCUT2D eigenvalue weighted by molar-refractivity contribution is 5.71. The van der Waals surface area contributed by atoms with E-state index in [0.29, 0.717) is 19.3 Å². The number of carbonyl (C=O) groups excluding carboxylic acids is 3. The van der Waals surface area contributed by atoms with Crippen molar-refractivity contribution in [2.75, 3.05) is 13.2 Å². The van der Waals surface area contributed by atoms with Crippen LogP contribution in [0.4, 0.5) is 0 Å². The zero-order valence-electron chi connectivity index (χ0n) is 52.9. The van der Waals surface area contributed by atoms with Crippen LogP contribution in [0.2, 0.25) is 0 Å². The second kappa shape index (κ2) is 67.6. The molecule has 0 aliphatic carbocycles. The van der Waals surface area contributed by atoms with Crippen LogP contribution in [0.15, 0.2) is 60.8 Å². The maximum Gasteiger partial charge on any atom is 0.306 e. The Morgan fingerprint density at radius 2 is 0.468 bits per heavy atom. The minimum absolute atomic E-state index is 0.0748. The Hall–Kier alpha value is -2.89. The molecule has 0 aromatic heterocycles. The van der Waals surface area contributed by atoms with E-state index in [4.69, 9.17) is 14.2 Å². The lowest BCUT2D eigenvalue weighted by Gasteiger charge is -2.18. The summed E-state index contributed by atoms with van der Waals surface area (Å²) in [5.74, 6) is -0.867. The fraction of sp³-hybridized carbons (Fsp3) is 0.822. The van der Waals surface area contributed by atoms with Crippen molar-refractivity contribution in [3.63, 3.8) is 0 Å². The molecule has 0 spiro atoms. The topological polar surface area (TPSA) is 78.9 Å². The van der Waals surface area contributed by atoms with Gasteiger partial charge >= 0.3 is 17.9 Å². The van der Waals surface area contributed by atoms with Gasteiger partial charge in [0.05, 0.1) is 0 Å². The van der Waals surface area contributed by atoms with E-state index in [2.05, 4.69) is 81.5 Å². The number of unbranched alkanes of at least 4 members (excludes halogenated alkanes) is 43. The Balaban J connectivity index is 4.12. The standard InChI is InChI=1S/C73H132O6/c1-4-7-10-13-16-19-22-25-28-29-30-31-32-33-34-35-36-37-38-39-40-41-42-43-44-45-46-49-51-54-57-60-63-66-72(75)78-69-70(79-73(76)67-64-61-58-55-52-48-27-24-21-18-15-12-9-6-3)68-77-71(74)65-62-59-56-53-50-47-26-23-20-17-14-11-8-5-2/h15,18,22,24-25,27,29-30,32-33,70H,4-14,16-17,19-21,23,26,28,31,34-69H2,1-3H3/b18-15-,25-22-,27-24-,30-29-,33-32-. The highest BCUT2D eigenvalue weighted by Crippen LogP contribution is 2.18. The number of rotatable bonds is 64. The van der Waals surface area contributed by atoms with E-state index in [1.165, 1.54) is 231 Å². The molecule has 0 bridgehead atoms. The van der Waals surface area contributed by atoms with Crippen LogP contribution in [0.25, 0.3) is 0 Å². The number of esters is 3. The molecule has 0 radical (unpaired) electrons. The van der Waals surface area contributed by atoms with Crippen LogP contribution in [0.3, 0.4) is 0 Å². The van der Waals surface area contributed by atoms with Crippen LogP contribution in [-0.2, 0) is 28.6 Å². The second-order valence-electron chi connectivity index (χ2n) is 23.4. The molecule has 79 heavy (non-hydrogen) atoms. The van der Waals surface area contributed by atoms with Gasteiger partial charge in [-0.05, 0) is 83.5 Å². The number of ether oxygens (including phenoxy) is 3. The van der Waals surface area contributed by atoms with Crippen LogP contribution < -0.4 is 0 Å². The van der Waals surface area contributed by atoms with E-state index in [0.717, 1.165) is 96.3 Å². The molecule has 1 unspecified atom stereocenters. The van der Waals surface area contributed by atoms with Crippen molar-refractivity contribution in [3.8, 4) is 0 Å². The number of allylic oxidation sites excluding steroid dienone is 10. The lowest BCUT2D eigenvalue weighted by molar-refractivity contribution is -0.167. The van der Waals surface area contributed by atoms with Gasteiger partial charge in [0.25, 0.3) is 0 Å². The second-order valence-corrected chi connectivity index (χ2v) is 23.4. The maximum absolute atomic E-state index is 12.9. The first kappa shape index (κ1) is 76.1. The van der Waals surface area contributed by atoms with E-state index in [1.54, 1.807) is 0 Å². The summed E-state index contributed by atoms with van der Waals surface area (Å²) >= 11 is 0. The fourth-order valence-corrected chi connectivity index (χ4v) is 10.2. The van der Waals surface area contributed by atoms with Crippen molar-refractivity contribution in [2.45, 2.75) is 374 Å². The molecule has 0 heterocycles. The molecular formula is C73H132O6. The largest absolute Gasteiger partial charge is 0.462 e. The van der Waals surface area contributed by atoms with Gasteiger partial charge in [0, 0.05) is 19.3 Å². The predicted molar refractivity (Wildman–Crippen MR) is 344 cm³/mol. The van der Waals surface area contributed by atoms with Crippen molar-refractivity contribution in [1.29, 1.82) is 0 Å². The zero-order valence-corrected chi connectivity index (χ0v) is 52.9. The van der Waals surface area contributed by atoms with Gasteiger partial charge in [0.1, 0.15) is 13.2 Å². The van der Waals surface area contributed by atoms with Crippen molar-refractivity contribution < 1.29 is 28.6 Å². The molecule has 0 saturated heterocycles. The van der Waals surface area contributed by atoms with E-state index < -0.39 is 6.10 Å². The van der Waals surface area contributed by atoms with Crippen LogP contribution in [-0.4, -0.2) is 37.2 Å². The smallest absolute Gasteiger partial charge is 0.306 e. The molecule has 460 valence electrons. The van der Waals surface area contributed by atoms with Crippen LogP contribution >= 0.6 is 0 Å². The Morgan fingerprint density at radius 3 is 0.747 bits per heavy atom. The minimum atomic E-state index is -0.779. The minimum Gasteiger partial charge on any atom is -0.462 e. The SMILES string of the molecule is CCCC/C=C\C/C=C\CCCCCCCC(=O)OC(COC(=O)CCCCCCCCCCCCCCCC)COC(=O)CCCCCCCCCCCCCCCCCCCC/C=C\C/C=C\C/C=C\CCCCCCC. The third kappa shape index (κ3) is 65.8. The van der Waals surface area contributed by atoms with Gasteiger partial charge in [0.2, 0.25) is 0 Å². The summed E-state index contributed by atoms with van der Waals surface area (Å²) in [7, 11) is 0. The summed E-state index contributed by atoms with van der Waals surface area (Å²) in [6.45, 7) is 6.63. The normalized spacial score (nSPS) is 12.4. The molecule has 1 atom stereocenters. The van der Waals surface area contributed by atoms with Gasteiger partial charge < -0.3 is 14.2 Å². The molecule has 0 aromatic carbocycles. The molecule has 0 rings (SSSR count). The quantitative estimate of drug-likeness (QED) is 0.0261. The lowest BCUT2D eigenvalue weighted by atomic mass is 10.0. The highest BCUT2D eigenvalue weighted by atomic mass is 16.6. The molecule has 0 amide bonds. The summed E-state index contributed by atoms with van der Waals surface area (Å²) in [5, 5.41) is 0. The number of hydrogen-bond donors (Lipinski definition) is 0. The van der Waals surface area contributed by atoms with Crippen LogP contribution in [0, 0.1) is 0 Å². The first-order valence-electron chi connectivity index (χ1n) is 34.8. The van der Waals surface area contributed by atoms with Crippen molar-refractivity contribution in [3.05, 3.63) is 60.8 Å². The van der Waals surface area contributed by atoms with Crippen molar-refractivity contribution in [2.24, 2.45) is 0 Å². The van der Waals surface area contributed by atoms with Gasteiger partial charge in [-0.3, -0.25) is 14.4 Å². The fourth-order valence-electron chi connectivity index (χ4n) is 10.2. The third-order valence-electron chi connectivity index (χ3n) is 15.5. The Bertz CT molecular complexity index is 1410. The molecule has 0 aromatic rings. The van der Waals surface area contributed by atoms with Gasteiger partial charge in [-0.2, -0.15) is 0 Å². The summed E-state index contributed by atoms with van der Waals surface area (Å²) in [4.78, 5) is 38.3. The van der Waals surface area contributed by atoms with Gasteiger partial charge in [-0.25, -0.2) is 0 Å². The number of carbonyl (C=O) groups is 3. The molecular weight excluding hydrogens is 973 g/mol.